The molecule has 3 heteroatoms. The Morgan fingerprint density at radius 2 is 0.918 bits per heavy atom. The lowest BCUT2D eigenvalue weighted by atomic mass is 9.91. The largest absolute Gasteiger partial charge is 0.310 e. The van der Waals surface area contributed by atoms with Crippen LogP contribution in [0.4, 0.5) is 17.1 Å². The van der Waals surface area contributed by atoms with E-state index in [0.717, 1.165) is 17.1 Å². The van der Waals surface area contributed by atoms with Crippen molar-refractivity contribution in [1.82, 2.24) is 0 Å². The molecular formula is C46H29NS2. The van der Waals surface area contributed by atoms with Gasteiger partial charge in [0.05, 0.1) is 0 Å². The van der Waals surface area contributed by atoms with Crippen LogP contribution < -0.4 is 4.90 Å². The van der Waals surface area contributed by atoms with Crippen LogP contribution in [0.2, 0.25) is 0 Å². The van der Waals surface area contributed by atoms with E-state index in [1.165, 1.54) is 73.4 Å². The quantitative estimate of drug-likeness (QED) is 0.178. The average Bonchev–Trinajstić information content (AvgIpc) is 3.73. The molecule has 1 nitrogen and oxygen atoms in total. The first-order chi connectivity index (χ1) is 24.3. The molecule has 0 unspecified atom stereocenters. The third-order valence-corrected chi connectivity index (χ3v) is 12.0. The molecule has 230 valence electrons. The third-order valence-electron chi connectivity index (χ3n) is 9.67. The molecule has 0 fully saturated rings. The second-order valence-corrected chi connectivity index (χ2v) is 14.6. The fourth-order valence-corrected chi connectivity index (χ4v) is 9.77. The van der Waals surface area contributed by atoms with Crippen molar-refractivity contribution in [3.8, 4) is 22.3 Å². The van der Waals surface area contributed by atoms with Crippen molar-refractivity contribution < 1.29 is 0 Å². The van der Waals surface area contributed by atoms with E-state index in [9.17, 15) is 0 Å². The number of hydrogen-bond donors (Lipinski definition) is 0. The van der Waals surface area contributed by atoms with E-state index in [1.54, 1.807) is 0 Å². The molecule has 0 spiro atoms. The Morgan fingerprint density at radius 3 is 1.69 bits per heavy atom. The smallest absolute Gasteiger partial charge is 0.0468 e. The van der Waals surface area contributed by atoms with Crippen LogP contribution in [0.3, 0.4) is 0 Å². The predicted octanol–water partition coefficient (Wildman–Crippen LogP) is 14.4. The Morgan fingerprint density at radius 1 is 0.306 bits per heavy atom. The monoisotopic (exact) mass is 659 g/mol. The SMILES string of the molecule is c1ccc(N(c2ccccc2)c2ccc3sc4cc(-c5ccc(-c6cccc7c6sc6ccccc67)c6ccccc56)ccc4c3c2)cc1. The van der Waals surface area contributed by atoms with Gasteiger partial charge in [0.1, 0.15) is 0 Å². The molecule has 2 aromatic heterocycles. The van der Waals surface area contributed by atoms with Gasteiger partial charge in [0.25, 0.3) is 0 Å². The number of benzene rings is 8. The Balaban J connectivity index is 1.10. The lowest BCUT2D eigenvalue weighted by Crippen LogP contribution is -2.09. The molecule has 0 radical (unpaired) electrons. The van der Waals surface area contributed by atoms with E-state index in [2.05, 4.69) is 181 Å². The van der Waals surface area contributed by atoms with Crippen LogP contribution in [-0.2, 0) is 0 Å². The highest BCUT2D eigenvalue weighted by Gasteiger charge is 2.17. The molecule has 49 heavy (non-hydrogen) atoms. The number of rotatable bonds is 5. The minimum atomic E-state index is 1.15. The van der Waals surface area contributed by atoms with Crippen LogP contribution >= 0.6 is 22.7 Å². The van der Waals surface area contributed by atoms with Crippen molar-refractivity contribution in [2.45, 2.75) is 0 Å². The standard InChI is InChI=1S/C46H29NS2/c1-3-12-31(13-4-1)47(32-14-5-2-6-15-32)33-23-27-44-42(29-33)39-24-22-30(28-45(39)48-44)34-25-26-37(36-17-8-7-16-35(34)36)40-19-11-20-41-38-18-9-10-21-43(38)49-46(40)41/h1-29H. The van der Waals surface area contributed by atoms with Gasteiger partial charge < -0.3 is 4.90 Å². The lowest BCUT2D eigenvalue weighted by Gasteiger charge is -2.25. The molecular weight excluding hydrogens is 631 g/mol. The number of hydrogen-bond acceptors (Lipinski definition) is 3. The van der Waals surface area contributed by atoms with Crippen LogP contribution in [0.25, 0.3) is 73.4 Å². The van der Waals surface area contributed by atoms with Crippen LogP contribution in [0, 0.1) is 0 Å². The molecule has 10 aromatic rings. The zero-order valence-corrected chi connectivity index (χ0v) is 28.1. The number of anilines is 3. The molecule has 0 amide bonds. The second kappa shape index (κ2) is 11.5. The molecule has 0 atom stereocenters. The van der Waals surface area contributed by atoms with Gasteiger partial charge in [-0.3, -0.25) is 0 Å². The maximum absolute atomic E-state index is 2.39. The van der Waals surface area contributed by atoms with E-state index >= 15 is 0 Å². The van der Waals surface area contributed by atoms with Crippen molar-refractivity contribution in [1.29, 1.82) is 0 Å². The third kappa shape index (κ3) is 4.66. The molecule has 0 aliphatic heterocycles. The zero-order valence-electron chi connectivity index (χ0n) is 26.5. The van der Waals surface area contributed by atoms with Gasteiger partial charge in [0.15, 0.2) is 0 Å². The number of fused-ring (bicyclic) bond motifs is 7. The minimum Gasteiger partial charge on any atom is -0.310 e. The molecule has 0 aliphatic rings. The van der Waals surface area contributed by atoms with Crippen molar-refractivity contribution in [2.24, 2.45) is 0 Å². The molecule has 0 N–H and O–H groups in total. The first-order valence-corrected chi connectivity index (χ1v) is 18.2. The van der Waals surface area contributed by atoms with Crippen molar-refractivity contribution in [3.05, 3.63) is 176 Å². The van der Waals surface area contributed by atoms with Gasteiger partial charge in [0, 0.05) is 63.0 Å². The van der Waals surface area contributed by atoms with Crippen LogP contribution in [-0.4, -0.2) is 0 Å². The number of thiophene rings is 2. The van der Waals surface area contributed by atoms with E-state index in [-0.39, 0.29) is 0 Å². The highest BCUT2D eigenvalue weighted by molar-refractivity contribution is 7.26. The number of nitrogens with zero attached hydrogens (tertiary/aromatic N) is 1. The summed E-state index contributed by atoms with van der Waals surface area (Å²) >= 11 is 3.77. The summed E-state index contributed by atoms with van der Waals surface area (Å²) in [6.07, 6.45) is 0. The summed E-state index contributed by atoms with van der Waals surface area (Å²) in [5.41, 5.74) is 8.55. The molecule has 8 aromatic carbocycles. The maximum atomic E-state index is 2.39. The highest BCUT2D eigenvalue weighted by atomic mass is 32.1. The topological polar surface area (TPSA) is 3.24 Å². The van der Waals surface area contributed by atoms with Crippen LogP contribution in [0.1, 0.15) is 0 Å². The number of para-hydroxylation sites is 2. The van der Waals surface area contributed by atoms with E-state index in [4.69, 9.17) is 0 Å². The highest BCUT2D eigenvalue weighted by Crippen LogP contribution is 2.45. The van der Waals surface area contributed by atoms with Gasteiger partial charge in [-0.15, -0.1) is 22.7 Å². The molecule has 0 bridgehead atoms. The Kier molecular flexibility index (Phi) is 6.61. The summed E-state index contributed by atoms with van der Waals surface area (Å²) in [7, 11) is 0. The Hall–Kier alpha value is -5.74. The Labute approximate surface area is 292 Å². The lowest BCUT2D eigenvalue weighted by molar-refractivity contribution is 1.29. The summed E-state index contributed by atoms with van der Waals surface area (Å²) in [6.45, 7) is 0. The molecule has 0 saturated heterocycles. The van der Waals surface area contributed by atoms with Crippen molar-refractivity contribution in [3.63, 3.8) is 0 Å². The first kappa shape index (κ1) is 28.3. The molecule has 10 rings (SSSR count). The van der Waals surface area contributed by atoms with Crippen LogP contribution in [0.5, 0.6) is 0 Å². The van der Waals surface area contributed by atoms with Crippen LogP contribution in [0.15, 0.2) is 176 Å². The van der Waals surface area contributed by atoms with Gasteiger partial charge >= 0.3 is 0 Å². The Bertz CT molecular complexity index is 2790. The predicted molar refractivity (Wildman–Crippen MR) is 215 cm³/mol. The molecule has 2 heterocycles. The molecule has 0 saturated carbocycles. The summed E-state index contributed by atoms with van der Waals surface area (Å²) < 4.78 is 5.29. The summed E-state index contributed by atoms with van der Waals surface area (Å²) in [5.74, 6) is 0. The second-order valence-electron chi connectivity index (χ2n) is 12.5. The van der Waals surface area contributed by atoms with Gasteiger partial charge in [-0.2, -0.15) is 0 Å². The van der Waals surface area contributed by atoms with Gasteiger partial charge in [-0.05, 0) is 82.1 Å². The summed E-state index contributed by atoms with van der Waals surface area (Å²) in [4.78, 5) is 2.34. The van der Waals surface area contributed by atoms with Crippen molar-refractivity contribution >= 4 is 90.9 Å². The minimum absolute atomic E-state index is 1.15. The summed E-state index contributed by atoms with van der Waals surface area (Å²) in [5, 5.41) is 7.82. The first-order valence-electron chi connectivity index (χ1n) is 16.6. The average molecular weight is 660 g/mol. The van der Waals surface area contributed by atoms with Gasteiger partial charge in [-0.1, -0.05) is 121 Å². The van der Waals surface area contributed by atoms with Gasteiger partial charge in [0.2, 0.25) is 0 Å². The summed E-state index contributed by atoms with van der Waals surface area (Å²) in [6, 6.07) is 64.2. The normalized spacial score (nSPS) is 11.7. The molecule has 0 aliphatic carbocycles. The van der Waals surface area contributed by atoms with E-state index in [0.29, 0.717) is 0 Å². The fourth-order valence-electron chi connectivity index (χ4n) is 7.42. The van der Waals surface area contributed by atoms with Crippen molar-refractivity contribution in [2.75, 3.05) is 4.90 Å². The van der Waals surface area contributed by atoms with E-state index in [1.807, 2.05) is 22.7 Å². The maximum Gasteiger partial charge on any atom is 0.0468 e. The fraction of sp³-hybridized carbons (Fsp3) is 0. The zero-order chi connectivity index (χ0) is 32.3. The van der Waals surface area contributed by atoms with Gasteiger partial charge in [-0.25, -0.2) is 0 Å². The van der Waals surface area contributed by atoms with E-state index < -0.39 is 0 Å².